The van der Waals surface area contributed by atoms with Gasteiger partial charge in [-0.1, -0.05) is 29.3 Å². The Morgan fingerprint density at radius 2 is 1.86 bits per heavy atom. The fourth-order valence-corrected chi connectivity index (χ4v) is 2.33. The van der Waals surface area contributed by atoms with Crippen LogP contribution in [0.25, 0.3) is 0 Å². The van der Waals surface area contributed by atoms with Crippen LogP contribution in [0, 0.1) is 0 Å². The van der Waals surface area contributed by atoms with E-state index >= 15 is 0 Å². The topological polar surface area (TPSA) is 21.3 Å². The summed E-state index contributed by atoms with van der Waals surface area (Å²) in [7, 11) is 0. The lowest BCUT2D eigenvalue weighted by Crippen LogP contribution is -2.03. The molecule has 0 fully saturated rings. The molecule has 0 aliphatic rings. The Balaban J connectivity index is 2.03. The second-order valence-electron chi connectivity index (χ2n) is 4.13. The van der Waals surface area contributed by atoms with Crippen molar-refractivity contribution >= 4 is 44.8 Å². The van der Waals surface area contributed by atoms with E-state index in [-0.39, 0.29) is 10.8 Å². The number of alkyl halides is 2. The molecular formula is C14H10BrCl2F2NO. The molecule has 0 amide bonds. The third kappa shape index (κ3) is 4.73. The highest BCUT2D eigenvalue weighted by Crippen LogP contribution is 2.29. The van der Waals surface area contributed by atoms with Crippen LogP contribution in [0.3, 0.4) is 0 Å². The molecule has 2 nitrogen and oxygen atoms in total. The Bertz CT molecular complexity index is 640. The zero-order valence-electron chi connectivity index (χ0n) is 10.5. The molecular weight excluding hydrogens is 387 g/mol. The lowest BCUT2D eigenvalue weighted by molar-refractivity contribution is -0.0497. The van der Waals surface area contributed by atoms with Gasteiger partial charge in [0.25, 0.3) is 0 Å². The number of hydrogen-bond acceptors (Lipinski definition) is 2. The molecule has 7 heteroatoms. The molecule has 2 aromatic carbocycles. The van der Waals surface area contributed by atoms with Gasteiger partial charge in [-0.2, -0.15) is 8.78 Å². The van der Waals surface area contributed by atoms with Crippen LogP contribution in [0.4, 0.5) is 14.5 Å². The minimum Gasteiger partial charge on any atom is -0.433 e. The zero-order chi connectivity index (χ0) is 15.4. The maximum absolute atomic E-state index is 12.1. The summed E-state index contributed by atoms with van der Waals surface area (Å²) in [6, 6.07) is 10.1. The highest BCUT2D eigenvalue weighted by Gasteiger charge is 2.09. The molecule has 2 aromatic rings. The molecule has 21 heavy (non-hydrogen) atoms. The molecule has 0 saturated carbocycles. The van der Waals surface area contributed by atoms with Gasteiger partial charge in [0, 0.05) is 16.7 Å². The molecule has 0 atom stereocenters. The quantitative estimate of drug-likeness (QED) is 0.672. The summed E-state index contributed by atoms with van der Waals surface area (Å²) >= 11 is 15.2. The van der Waals surface area contributed by atoms with Gasteiger partial charge in [-0.25, -0.2) is 0 Å². The van der Waals surface area contributed by atoms with Crippen molar-refractivity contribution in [3.63, 3.8) is 0 Å². The Morgan fingerprint density at radius 1 is 1.10 bits per heavy atom. The number of benzene rings is 2. The Labute approximate surface area is 139 Å². The Kier molecular flexibility index (Phi) is 5.67. The zero-order valence-corrected chi connectivity index (χ0v) is 13.6. The van der Waals surface area contributed by atoms with Crippen molar-refractivity contribution in [2.24, 2.45) is 0 Å². The maximum atomic E-state index is 12.1. The number of halogens is 5. The first-order chi connectivity index (χ1) is 9.95. The third-order valence-electron chi connectivity index (χ3n) is 2.63. The molecule has 0 aliphatic carbocycles. The van der Waals surface area contributed by atoms with Crippen LogP contribution in [0.15, 0.2) is 40.9 Å². The highest BCUT2D eigenvalue weighted by molar-refractivity contribution is 9.10. The van der Waals surface area contributed by atoms with Gasteiger partial charge in [0.15, 0.2) is 0 Å². The monoisotopic (exact) mass is 395 g/mol. The molecule has 1 N–H and O–H groups in total. The molecule has 0 aromatic heterocycles. The molecule has 112 valence electrons. The molecule has 0 saturated heterocycles. The van der Waals surface area contributed by atoms with Crippen molar-refractivity contribution in [3.8, 4) is 5.75 Å². The fourth-order valence-electron chi connectivity index (χ4n) is 1.66. The van der Waals surface area contributed by atoms with E-state index in [2.05, 4.69) is 26.0 Å². The average Bonchev–Trinajstić information content (AvgIpc) is 2.42. The van der Waals surface area contributed by atoms with Gasteiger partial charge in [0.1, 0.15) is 5.75 Å². The summed E-state index contributed by atoms with van der Waals surface area (Å²) < 4.78 is 29.4. The van der Waals surface area contributed by atoms with E-state index in [0.29, 0.717) is 17.3 Å². The summed E-state index contributed by atoms with van der Waals surface area (Å²) in [4.78, 5) is 0. The standard InChI is InChI=1S/C14H10BrCl2F2NO/c15-10-3-1-8(5-11(10)16)7-20-9-2-4-13(12(17)6-9)21-14(18)19/h1-6,14,20H,7H2. The van der Waals surface area contributed by atoms with Gasteiger partial charge in [-0.15, -0.1) is 0 Å². The molecule has 0 unspecified atom stereocenters. The number of hydrogen-bond donors (Lipinski definition) is 1. The summed E-state index contributed by atoms with van der Waals surface area (Å²) in [6.45, 7) is -2.37. The predicted molar refractivity (Wildman–Crippen MR) is 84.6 cm³/mol. The Hall–Kier alpha value is -1.04. The largest absolute Gasteiger partial charge is 0.433 e. The maximum Gasteiger partial charge on any atom is 0.387 e. The van der Waals surface area contributed by atoms with Gasteiger partial charge >= 0.3 is 6.61 Å². The average molecular weight is 397 g/mol. The van der Waals surface area contributed by atoms with E-state index in [4.69, 9.17) is 23.2 Å². The number of ether oxygens (including phenoxy) is 1. The van der Waals surface area contributed by atoms with Crippen LogP contribution >= 0.6 is 39.1 Å². The van der Waals surface area contributed by atoms with E-state index in [1.165, 1.54) is 12.1 Å². The Morgan fingerprint density at radius 3 is 2.48 bits per heavy atom. The van der Waals surface area contributed by atoms with E-state index in [1.54, 1.807) is 6.07 Å². The van der Waals surface area contributed by atoms with Gasteiger partial charge in [-0.3, -0.25) is 0 Å². The van der Waals surface area contributed by atoms with Crippen molar-refractivity contribution in [2.45, 2.75) is 13.2 Å². The van der Waals surface area contributed by atoms with Crippen LogP contribution in [0.1, 0.15) is 5.56 Å². The number of nitrogens with one attached hydrogen (secondary N) is 1. The van der Waals surface area contributed by atoms with Crippen molar-refractivity contribution in [1.82, 2.24) is 0 Å². The predicted octanol–water partition coefficient (Wildman–Crippen LogP) is 5.97. The minimum absolute atomic E-state index is 0.0519. The molecule has 0 spiro atoms. The van der Waals surface area contributed by atoms with Crippen LogP contribution in [-0.4, -0.2) is 6.61 Å². The van der Waals surface area contributed by atoms with Crippen molar-refractivity contribution in [2.75, 3.05) is 5.32 Å². The lowest BCUT2D eigenvalue weighted by atomic mass is 10.2. The highest BCUT2D eigenvalue weighted by atomic mass is 79.9. The molecule has 0 heterocycles. The molecule has 0 aliphatic heterocycles. The van der Waals surface area contributed by atoms with Gasteiger partial charge in [0.05, 0.1) is 10.0 Å². The first-order valence-electron chi connectivity index (χ1n) is 5.88. The third-order valence-corrected chi connectivity index (χ3v) is 4.16. The summed E-state index contributed by atoms with van der Waals surface area (Å²) in [5.41, 5.74) is 1.67. The van der Waals surface area contributed by atoms with E-state index < -0.39 is 6.61 Å². The van der Waals surface area contributed by atoms with Crippen molar-refractivity contribution in [1.29, 1.82) is 0 Å². The van der Waals surface area contributed by atoms with Crippen LogP contribution in [0.5, 0.6) is 5.75 Å². The first-order valence-corrected chi connectivity index (χ1v) is 7.43. The second kappa shape index (κ2) is 7.29. The number of anilines is 1. The second-order valence-corrected chi connectivity index (χ2v) is 5.79. The normalized spacial score (nSPS) is 10.8. The van der Waals surface area contributed by atoms with Gasteiger partial charge < -0.3 is 10.1 Å². The van der Waals surface area contributed by atoms with Crippen LogP contribution in [-0.2, 0) is 6.54 Å². The summed E-state index contributed by atoms with van der Waals surface area (Å²) in [5.74, 6) is -0.0519. The smallest absolute Gasteiger partial charge is 0.387 e. The molecule has 0 radical (unpaired) electrons. The van der Waals surface area contributed by atoms with Crippen LogP contribution in [0.2, 0.25) is 10.0 Å². The van der Waals surface area contributed by atoms with Gasteiger partial charge in [-0.05, 0) is 51.8 Å². The lowest BCUT2D eigenvalue weighted by Gasteiger charge is -2.11. The molecule has 0 bridgehead atoms. The van der Waals surface area contributed by atoms with Crippen molar-refractivity contribution < 1.29 is 13.5 Å². The van der Waals surface area contributed by atoms with Crippen molar-refractivity contribution in [3.05, 3.63) is 56.5 Å². The summed E-state index contributed by atoms with van der Waals surface area (Å²) in [6.07, 6.45) is 0. The van der Waals surface area contributed by atoms with Crippen LogP contribution < -0.4 is 10.1 Å². The van der Waals surface area contributed by atoms with E-state index in [1.807, 2.05) is 18.2 Å². The fraction of sp³-hybridized carbons (Fsp3) is 0.143. The minimum atomic E-state index is -2.90. The molecule has 2 rings (SSSR count). The first kappa shape index (κ1) is 16.3. The van der Waals surface area contributed by atoms with Gasteiger partial charge in [0.2, 0.25) is 0 Å². The summed E-state index contributed by atoms with van der Waals surface area (Å²) in [5, 5.41) is 3.87. The number of rotatable bonds is 5. The SMILES string of the molecule is FC(F)Oc1ccc(NCc2ccc(Br)c(Cl)c2)cc1Cl. The van der Waals surface area contributed by atoms with E-state index in [9.17, 15) is 8.78 Å². The van der Waals surface area contributed by atoms with E-state index in [0.717, 1.165) is 10.0 Å².